The van der Waals surface area contributed by atoms with Crippen LogP contribution in [-0.2, 0) is 13.1 Å². The van der Waals surface area contributed by atoms with E-state index in [2.05, 4.69) is 12.1 Å². The molecule has 0 aliphatic carbocycles. The molecule has 2 aliphatic rings. The van der Waals surface area contributed by atoms with Crippen molar-refractivity contribution in [3.05, 3.63) is 53.1 Å². The van der Waals surface area contributed by atoms with Gasteiger partial charge in [0.15, 0.2) is 17.3 Å². The van der Waals surface area contributed by atoms with Crippen molar-refractivity contribution in [1.29, 1.82) is 0 Å². The van der Waals surface area contributed by atoms with E-state index in [9.17, 15) is 4.79 Å². The third kappa shape index (κ3) is 4.13. The number of carbonyl (C=O) groups excluding carboxylic acids is 1. The van der Waals surface area contributed by atoms with Crippen molar-refractivity contribution < 1.29 is 28.8 Å². The summed E-state index contributed by atoms with van der Waals surface area (Å²) >= 11 is 0. The van der Waals surface area contributed by atoms with Crippen LogP contribution in [0.2, 0.25) is 0 Å². The zero-order valence-corrected chi connectivity index (χ0v) is 16.5. The number of hydrogen-bond acceptors (Lipinski definition) is 4. The number of ether oxygens (including phenoxy) is 3. The minimum Gasteiger partial charge on any atom is -0.496 e. The first kappa shape index (κ1) is 18.8. The maximum Gasteiger partial charge on any atom is 0.231 e. The Balaban J connectivity index is 1.34. The molecule has 1 fully saturated rings. The molecule has 2 aromatic rings. The molecular weight excluding hydrogens is 356 g/mol. The van der Waals surface area contributed by atoms with E-state index in [1.54, 1.807) is 18.9 Å². The van der Waals surface area contributed by atoms with Gasteiger partial charge in [0, 0.05) is 16.7 Å². The fourth-order valence-corrected chi connectivity index (χ4v) is 4.06. The van der Waals surface area contributed by atoms with E-state index in [0.717, 1.165) is 67.6 Å². The maximum atomic E-state index is 11.7. The van der Waals surface area contributed by atoms with E-state index in [1.165, 1.54) is 10.5 Å². The van der Waals surface area contributed by atoms with Gasteiger partial charge in [0.25, 0.3) is 0 Å². The van der Waals surface area contributed by atoms with Gasteiger partial charge in [-0.25, -0.2) is 0 Å². The molecule has 2 heterocycles. The normalized spacial score (nSPS) is 20.8. The molecule has 2 aliphatic heterocycles. The molecule has 4 rings (SSSR count). The van der Waals surface area contributed by atoms with Crippen LogP contribution in [-0.4, -0.2) is 45.9 Å². The van der Waals surface area contributed by atoms with Crippen LogP contribution in [0.3, 0.4) is 0 Å². The topological polar surface area (TPSA) is 53.6 Å². The van der Waals surface area contributed by atoms with Crippen LogP contribution in [0.15, 0.2) is 36.4 Å². The molecule has 0 saturated carbocycles. The Morgan fingerprint density at radius 2 is 1.68 bits per heavy atom. The van der Waals surface area contributed by atoms with Gasteiger partial charge in [-0.1, -0.05) is 0 Å². The first-order valence-corrected chi connectivity index (χ1v) is 9.86. The molecule has 0 amide bonds. The van der Waals surface area contributed by atoms with Crippen molar-refractivity contribution in [2.24, 2.45) is 0 Å². The monoisotopic (exact) mass is 384 g/mol. The van der Waals surface area contributed by atoms with Crippen molar-refractivity contribution in [3.8, 4) is 17.2 Å². The summed E-state index contributed by atoms with van der Waals surface area (Å²) in [5, 5.41) is 0. The molecule has 28 heavy (non-hydrogen) atoms. The number of rotatable bonds is 6. The van der Waals surface area contributed by atoms with E-state index in [4.69, 9.17) is 14.2 Å². The summed E-state index contributed by atoms with van der Waals surface area (Å²) in [6.45, 7) is 8.28. The first-order chi connectivity index (χ1) is 13.6. The molecule has 6 heteroatoms. The number of carbonyl (C=O) groups is 1. The fourth-order valence-electron chi connectivity index (χ4n) is 4.06. The Kier molecular flexibility index (Phi) is 5.50. The maximum absolute atomic E-state index is 11.7. The van der Waals surface area contributed by atoms with Gasteiger partial charge in [-0.15, -0.1) is 0 Å². The molecule has 0 radical (unpaired) electrons. The van der Waals surface area contributed by atoms with Gasteiger partial charge < -0.3 is 24.0 Å². The molecule has 0 aromatic heterocycles. The Morgan fingerprint density at radius 1 is 0.964 bits per heavy atom. The lowest BCUT2D eigenvalue weighted by molar-refractivity contribution is -1.02. The highest BCUT2D eigenvalue weighted by atomic mass is 16.7. The molecule has 0 atom stereocenters. The minimum atomic E-state index is 0.0943. The summed E-state index contributed by atoms with van der Waals surface area (Å²) in [6, 6.07) is 12.0. The molecule has 2 N–H and O–H groups in total. The molecule has 1 saturated heterocycles. The number of fused-ring (bicyclic) bond motifs is 1. The third-order valence-corrected chi connectivity index (χ3v) is 5.68. The number of piperazine rings is 1. The largest absolute Gasteiger partial charge is 0.496 e. The van der Waals surface area contributed by atoms with Gasteiger partial charge in [-0.2, -0.15) is 0 Å². The SMILES string of the molecule is COc1ccc(C(C)=O)cc1C[NH+]1CC[NH+](Cc2ccc3c(c2)OCO3)CC1. The zero-order valence-electron chi connectivity index (χ0n) is 16.5. The predicted molar refractivity (Wildman–Crippen MR) is 104 cm³/mol. The smallest absolute Gasteiger partial charge is 0.231 e. The highest BCUT2D eigenvalue weighted by molar-refractivity contribution is 5.94. The van der Waals surface area contributed by atoms with Crippen molar-refractivity contribution in [2.75, 3.05) is 40.1 Å². The number of quaternary nitrogens is 2. The Bertz CT molecular complexity index is 860. The predicted octanol–water partition coefficient (Wildman–Crippen LogP) is 0.110. The standard InChI is InChI=1S/C22H26N2O4/c1-16(25)18-4-6-20(26-2)19(12-18)14-24-9-7-23(8-10-24)13-17-3-5-21-22(11-17)28-15-27-21/h3-6,11-12H,7-10,13-15H2,1-2H3/p+2. The van der Waals surface area contributed by atoms with Crippen molar-refractivity contribution >= 4 is 5.78 Å². The summed E-state index contributed by atoms with van der Waals surface area (Å²) in [5.74, 6) is 2.66. The molecular formula is C22H28N2O4+2. The van der Waals surface area contributed by atoms with Crippen LogP contribution >= 0.6 is 0 Å². The van der Waals surface area contributed by atoms with Crippen LogP contribution in [0.4, 0.5) is 0 Å². The molecule has 2 aromatic carbocycles. The van der Waals surface area contributed by atoms with Gasteiger partial charge in [0.1, 0.15) is 45.0 Å². The number of methoxy groups -OCH3 is 1. The van der Waals surface area contributed by atoms with Crippen LogP contribution in [0, 0.1) is 0 Å². The molecule has 0 spiro atoms. The summed E-state index contributed by atoms with van der Waals surface area (Å²) < 4.78 is 16.4. The summed E-state index contributed by atoms with van der Waals surface area (Å²) in [5.41, 5.74) is 3.16. The van der Waals surface area contributed by atoms with Gasteiger partial charge in [0.2, 0.25) is 6.79 Å². The number of hydrogen-bond donors (Lipinski definition) is 2. The quantitative estimate of drug-likeness (QED) is 0.695. The van der Waals surface area contributed by atoms with Gasteiger partial charge in [-0.05, 0) is 43.3 Å². The molecule has 6 nitrogen and oxygen atoms in total. The summed E-state index contributed by atoms with van der Waals surface area (Å²) in [6.07, 6.45) is 0. The average Bonchev–Trinajstić information content (AvgIpc) is 3.17. The number of Topliss-reactive ketones (excluding diaryl/α,β-unsaturated/α-hetero) is 1. The van der Waals surface area contributed by atoms with Crippen molar-refractivity contribution in [1.82, 2.24) is 0 Å². The zero-order chi connectivity index (χ0) is 19.5. The van der Waals surface area contributed by atoms with Gasteiger partial charge in [0.05, 0.1) is 7.11 Å². The van der Waals surface area contributed by atoms with Gasteiger partial charge >= 0.3 is 0 Å². The number of ketones is 1. The Hall–Kier alpha value is -2.57. The lowest BCUT2D eigenvalue weighted by atomic mass is 10.1. The van der Waals surface area contributed by atoms with E-state index in [1.807, 2.05) is 24.3 Å². The number of nitrogens with one attached hydrogen (secondary N) is 2. The Morgan fingerprint density at radius 3 is 2.39 bits per heavy atom. The minimum absolute atomic E-state index is 0.0943. The first-order valence-electron chi connectivity index (χ1n) is 9.86. The molecule has 0 unspecified atom stereocenters. The van der Waals surface area contributed by atoms with E-state index < -0.39 is 0 Å². The Labute approximate surface area is 165 Å². The van der Waals surface area contributed by atoms with Crippen LogP contribution in [0.5, 0.6) is 17.2 Å². The number of benzene rings is 2. The highest BCUT2D eigenvalue weighted by Crippen LogP contribution is 2.32. The molecule has 148 valence electrons. The lowest BCUT2D eigenvalue weighted by Gasteiger charge is -2.30. The average molecular weight is 384 g/mol. The van der Waals surface area contributed by atoms with Crippen LogP contribution in [0.1, 0.15) is 28.4 Å². The van der Waals surface area contributed by atoms with E-state index in [-0.39, 0.29) is 5.78 Å². The third-order valence-electron chi connectivity index (χ3n) is 5.68. The lowest BCUT2D eigenvalue weighted by Crippen LogP contribution is -3.27. The second-order valence-corrected chi connectivity index (χ2v) is 7.62. The highest BCUT2D eigenvalue weighted by Gasteiger charge is 2.25. The fraction of sp³-hybridized carbons (Fsp3) is 0.409. The summed E-state index contributed by atoms with van der Waals surface area (Å²) in [4.78, 5) is 14.8. The van der Waals surface area contributed by atoms with E-state index in [0.29, 0.717) is 6.79 Å². The summed E-state index contributed by atoms with van der Waals surface area (Å²) in [7, 11) is 1.69. The van der Waals surface area contributed by atoms with Crippen LogP contribution in [0.25, 0.3) is 0 Å². The molecule has 0 bridgehead atoms. The van der Waals surface area contributed by atoms with Gasteiger partial charge in [-0.3, -0.25) is 4.79 Å². The van der Waals surface area contributed by atoms with E-state index >= 15 is 0 Å². The van der Waals surface area contributed by atoms with Crippen molar-refractivity contribution in [3.63, 3.8) is 0 Å². The second-order valence-electron chi connectivity index (χ2n) is 7.62. The van der Waals surface area contributed by atoms with Crippen LogP contribution < -0.4 is 24.0 Å². The second kappa shape index (κ2) is 8.20. The van der Waals surface area contributed by atoms with Crippen molar-refractivity contribution in [2.45, 2.75) is 20.0 Å².